The maximum Gasteiger partial charge on any atom is 0.432 e. The molecule has 0 saturated heterocycles. The fourth-order valence-electron chi connectivity index (χ4n) is 1.00. The van der Waals surface area contributed by atoms with Crippen LogP contribution in [0.2, 0.25) is 0 Å². The van der Waals surface area contributed by atoms with Crippen LogP contribution in [0.5, 0.6) is 0 Å². The van der Waals surface area contributed by atoms with Crippen LogP contribution in [0.3, 0.4) is 0 Å². The number of hydrogen-bond acceptors (Lipinski definition) is 5. The second-order valence-electron chi connectivity index (χ2n) is 2.64. The van der Waals surface area contributed by atoms with Crippen LogP contribution in [0.25, 0.3) is 11.4 Å². The number of benzene rings is 1. The van der Waals surface area contributed by atoms with E-state index in [4.69, 9.17) is 14.6 Å². The van der Waals surface area contributed by atoms with E-state index in [9.17, 15) is 0 Å². The molecule has 0 aliphatic carbocycles. The van der Waals surface area contributed by atoms with E-state index in [0.29, 0.717) is 11.7 Å². The summed E-state index contributed by atoms with van der Waals surface area (Å²) in [5, 5.41) is 18.0. The normalized spacial score (nSPS) is 9.00. The molecule has 1 heterocycles. The summed E-state index contributed by atoms with van der Waals surface area (Å²) < 4.78 is 4.86. The average Bonchev–Trinajstić information content (AvgIpc) is 2.67. The molecule has 2 aromatic rings. The van der Waals surface area contributed by atoms with E-state index in [1.165, 1.54) is 0 Å². The fourth-order valence-corrected chi connectivity index (χ4v) is 1.00. The van der Waals surface area contributed by atoms with Crippen LogP contribution in [0.1, 0.15) is 5.89 Å². The van der Waals surface area contributed by atoms with Crippen molar-refractivity contribution in [3.05, 3.63) is 36.2 Å². The molecule has 0 fully saturated rings. The highest BCUT2D eigenvalue weighted by Crippen LogP contribution is 2.13. The van der Waals surface area contributed by atoms with Gasteiger partial charge in [-0.15, -0.1) is 0 Å². The molecule has 5 nitrogen and oxygen atoms in total. The van der Waals surface area contributed by atoms with E-state index in [2.05, 4.69) is 10.1 Å². The van der Waals surface area contributed by atoms with Crippen molar-refractivity contribution in [3.63, 3.8) is 0 Å². The molecule has 1 aromatic carbocycles. The molecule has 1 aromatic heterocycles. The predicted molar refractivity (Wildman–Crippen MR) is 56.1 cm³/mol. The lowest BCUT2D eigenvalue weighted by Crippen LogP contribution is -1.78. The van der Waals surface area contributed by atoms with Crippen molar-refractivity contribution in [2.75, 3.05) is 0 Å². The molecule has 0 unspecified atom stereocenters. The van der Waals surface area contributed by atoms with Crippen LogP contribution in [0, 0.1) is 6.92 Å². The minimum Gasteiger partial charge on any atom is -0.430 e. The quantitative estimate of drug-likeness (QED) is 0.655. The lowest BCUT2D eigenvalue weighted by molar-refractivity contribution is 0.394. The highest BCUT2D eigenvalue weighted by Gasteiger charge is 2.02. The molecule has 0 aliphatic rings. The zero-order valence-corrected chi connectivity index (χ0v) is 8.29. The second kappa shape index (κ2) is 5.95. The molecule has 0 spiro atoms. The summed E-state index contributed by atoms with van der Waals surface area (Å²) in [6.07, 6.45) is 0. The molecule has 2 N–H and O–H groups in total. The Hall–Kier alpha value is -1.66. The molecule has 2 rings (SSSR count). The lowest BCUT2D eigenvalue weighted by atomic mass is 10.2. The van der Waals surface area contributed by atoms with Gasteiger partial charge in [0, 0.05) is 12.5 Å². The van der Waals surface area contributed by atoms with Gasteiger partial charge in [0.15, 0.2) is 0 Å². The van der Waals surface area contributed by atoms with Gasteiger partial charge in [-0.05, 0) is 0 Å². The van der Waals surface area contributed by atoms with Gasteiger partial charge < -0.3 is 14.6 Å². The fraction of sp³-hybridized carbons (Fsp3) is 0.111. The van der Waals surface area contributed by atoms with Crippen molar-refractivity contribution < 1.29 is 14.6 Å². The first-order chi connectivity index (χ1) is 7.27. The highest BCUT2D eigenvalue weighted by atomic mass is 16.5. The summed E-state index contributed by atoms with van der Waals surface area (Å²) in [5.74, 6) is 1.24. The zero-order valence-electron chi connectivity index (χ0n) is 8.29. The topological polar surface area (TPSA) is 79.4 Å². The van der Waals surface area contributed by atoms with Gasteiger partial charge in [0.1, 0.15) is 0 Å². The molecule has 15 heavy (non-hydrogen) atoms. The molecule has 0 saturated carbocycles. The molecule has 0 radical (unpaired) electrons. The Bertz CT molecular complexity index is 391. The molecule has 78 valence electrons. The zero-order chi connectivity index (χ0) is 11.1. The van der Waals surface area contributed by atoms with Crippen molar-refractivity contribution in [2.45, 2.75) is 6.92 Å². The van der Waals surface area contributed by atoms with Crippen molar-refractivity contribution in [1.82, 2.24) is 10.1 Å². The van der Waals surface area contributed by atoms with Gasteiger partial charge in [-0.3, -0.25) is 0 Å². The Balaban J connectivity index is 0.000000337. The van der Waals surface area contributed by atoms with Crippen LogP contribution in [0.15, 0.2) is 34.9 Å². The van der Waals surface area contributed by atoms with E-state index in [1.54, 1.807) is 6.92 Å². The van der Waals surface area contributed by atoms with Crippen molar-refractivity contribution in [3.8, 4) is 11.4 Å². The molecular weight excluding hydrogens is 195 g/mol. The van der Waals surface area contributed by atoms with E-state index < -0.39 is 7.69 Å². The number of aromatic nitrogens is 2. The Morgan fingerprint density at radius 2 is 1.80 bits per heavy atom. The first kappa shape index (κ1) is 11.4. The maximum absolute atomic E-state index is 7.12. The first-order valence-corrected chi connectivity index (χ1v) is 4.35. The Labute approximate surface area is 87.7 Å². The molecule has 0 amide bonds. The second-order valence-corrected chi connectivity index (χ2v) is 2.64. The van der Waals surface area contributed by atoms with E-state index >= 15 is 0 Å². The Morgan fingerprint density at radius 3 is 2.27 bits per heavy atom. The Kier molecular flexibility index (Phi) is 4.53. The molecule has 0 atom stereocenters. The van der Waals surface area contributed by atoms with Crippen LogP contribution >= 0.6 is 0 Å². The minimum absolute atomic E-state index is 0.592. The Morgan fingerprint density at radius 1 is 1.20 bits per heavy atom. The smallest absolute Gasteiger partial charge is 0.430 e. The van der Waals surface area contributed by atoms with Gasteiger partial charge in [0.05, 0.1) is 0 Å². The van der Waals surface area contributed by atoms with Crippen molar-refractivity contribution in [2.24, 2.45) is 0 Å². The number of nitrogens with zero attached hydrogens (tertiary/aromatic N) is 2. The average molecular weight is 206 g/mol. The van der Waals surface area contributed by atoms with Crippen LogP contribution in [0.4, 0.5) is 0 Å². The SMILES string of the molecule is Cc1nc(-c2ccccc2)no1.OBO. The third-order valence-electron chi connectivity index (χ3n) is 1.56. The van der Waals surface area contributed by atoms with E-state index in [0.717, 1.165) is 5.56 Å². The van der Waals surface area contributed by atoms with Gasteiger partial charge in [0.2, 0.25) is 11.7 Å². The monoisotopic (exact) mass is 206 g/mol. The van der Waals surface area contributed by atoms with E-state index in [-0.39, 0.29) is 0 Å². The van der Waals surface area contributed by atoms with Crippen molar-refractivity contribution in [1.29, 1.82) is 0 Å². The summed E-state index contributed by atoms with van der Waals surface area (Å²) in [7, 11) is -0.750. The van der Waals surface area contributed by atoms with Crippen LogP contribution < -0.4 is 0 Å². The van der Waals surface area contributed by atoms with Gasteiger partial charge in [0.25, 0.3) is 0 Å². The van der Waals surface area contributed by atoms with Crippen LogP contribution in [-0.4, -0.2) is 27.9 Å². The van der Waals surface area contributed by atoms with Gasteiger partial charge in [-0.1, -0.05) is 35.5 Å². The molecule has 0 aliphatic heterocycles. The number of hydrogen-bond donors (Lipinski definition) is 2. The summed E-state index contributed by atoms with van der Waals surface area (Å²) >= 11 is 0. The van der Waals surface area contributed by atoms with Gasteiger partial charge >= 0.3 is 7.69 Å². The third-order valence-corrected chi connectivity index (χ3v) is 1.56. The minimum atomic E-state index is -0.750. The van der Waals surface area contributed by atoms with E-state index in [1.807, 2.05) is 30.3 Å². The van der Waals surface area contributed by atoms with Gasteiger partial charge in [-0.25, -0.2) is 0 Å². The van der Waals surface area contributed by atoms with Crippen molar-refractivity contribution >= 4 is 7.69 Å². The standard InChI is InChI=1S/C9H8N2O.BH3O2/c1-7-10-9(11-12-7)8-5-3-2-4-6-8;2-1-3/h2-6H,1H3;1-3H. The lowest BCUT2D eigenvalue weighted by Gasteiger charge is -1.89. The largest absolute Gasteiger partial charge is 0.432 e. The summed E-state index contributed by atoms with van der Waals surface area (Å²) in [6, 6.07) is 9.74. The molecular formula is C9H11BN2O3. The predicted octanol–water partition coefficient (Wildman–Crippen LogP) is 0.283. The van der Waals surface area contributed by atoms with Gasteiger partial charge in [-0.2, -0.15) is 4.98 Å². The highest BCUT2D eigenvalue weighted by molar-refractivity contribution is 6.13. The molecule has 6 heteroatoms. The number of aryl methyl sites for hydroxylation is 1. The first-order valence-electron chi connectivity index (χ1n) is 4.35. The third kappa shape index (κ3) is 3.53. The summed E-state index contributed by atoms with van der Waals surface area (Å²) in [4.78, 5) is 4.10. The van der Waals surface area contributed by atoms with Crippen LogP contribution in [-0.2, 0) is 0 Å². The maximum atomic E-state index is 7.12. The molecule has 0 bridgehead atoms. The number of rotatable bonds is 1. The summed E-state index contributed by atoms with van der Waals surface area (Å²) in [5.41, 5.74) is 0.981. The summed E-state index contributed by atoms with van der Waals surface area (Å²) in [6.45, 7) is 1.78.